The molecule has 1 aliphatic carbocycles. The van der Waals surface area contributed by atoms with E-state index in [-0.39, 0.29) is 11.2 Å². The van der Waals surface area contributed by atoms with E-state index in [1.165, 1.54) is 4.88 Å². The second-order valence-electron chi connectivity index (χ2n) is 6.56. The third kappa shape index (κ3) is 3.23. The fourth-order valence-electron chi connectivity index (χ4n) is 3.30. The number of hydrogen-bond acceptors (Lipinski definition) is 8. The van der Waals surface area contributed by atoms with E-state index < -0.39 is 4.92 Å². The van der Waals surface area contributed by atoms with Gasteiger partial charge in [0, 0.05) is 11.4 Å². The zero-order valence-electron chi connectivity index (χ0n) is 14.8. The van der Waals surface area contributed by atoms with Crippen LogP contribution in [0.25, 0.3) is 10.2 Å². The molecule has 3 aromatic heterocycles. The molecule has 8 nitrogen and oxygen atoms in total. The van der Waals surface area contributed by atoms with Crippen molar-refractivity contribution in [3.8, 4) is 0 Å². The van der Waals surface area contributed by atoms with E-state index in [0.717, 1.165) is 59.2 Å². The topological polar surface area (TPSA) is 104 Å². The lowest BCUT2D eigenvalue weighted by atomic mass is 9.89. The van der Waals surface area contributed by atoms with Gasteiger partial charge in [-0.1, -0.05) is 6.92 Å². The van der Waals surface area contributed by atoms with Crippen molar-refractivity contribution in [3.05, 3.63) is 43.3 Å². The smallest absolute Gasteiger partial charge is 0.287 e. The first-order valence-electron chi connectivity index (χ1n) is 8.67. The van der Waals surface area contributed by atoms with Gasteiger partial charge in [0.2, 0.25) is 0 Å². The number of nitro groups is 1. The van der Waals surface area contributed by atoms with Gasteiger partial charge in [0.05, 0.1) is 10.3 Å². The molecule has 1 unspecified atom stereocenters. The number of fused-ring (bicyclic) bond motifs is 3. The van der Waals surface area contributed by atoms with Crippen LogP contribution < -0.4 is 5.56 Å². The van der Waals surface area contributed by atoms with Gasteiger partial charge in [-0.25, -0.2) is 15.0 Å². The minimum atomic E-state index is -0.544. The lowest BCUT2D eigenvalue weighted by Gasteiger charge is -2.17. The monoisotopic (exact) mass is 403 g/mol. The van der Waals surface area contributed by atoms with Crippen molar-refractivity contribution in [1.29, 1.82) is 0 Å². The van der Waals surface area contributed by atoms with Gasteiger partial charge in [-0.15, -0.1) is 11.3 Å². The molecule has 10 heteroatoms. The fourth-order valence-corrected chi connectivity index (χ4v) is 5.56. The highest BCUT2D eigenvalue weighted by atomic mass is 32.2. The zero-order chi connectivity index (χ0) is 19.1. The van der Waals surface area contributed by atoms with Crippen LogP contribution >= 0.6 is 23.1 Å². The highest BCUT2D eigenvalue weighted by Crippen LogP contribution is 2.37. The molecule has 3 aromatic rings. The third-order valence-electron chi connectivity index (χ3n) is 4.70. The second kappa shape index (κ2) is 7.01. The van der Waals surface area contributed by atoms with Crippen molar-refractivity contribution in [2.75, 3.05) is 0 Å². The number of aromatic nitrogens is 4. The van der Waals surface area contributed by atoms with Gasteiger partial charge < -0.3 is 0 Å². The maximum absolute atomic E-state index is 13.1. The third-order valence-corrected chi connectivity index (χ3v) is 6.74. The number of rotatable bonds is 4. The molecule has 0 saturated carbocycles. The SMILES string of the molecule is CCn1c(Sc2ncc([N+](=O)[O-])cn2)nc2sc3c(c2c1=O)CCC(C)C3. The van der Waals surface area contributed by atoms with Crippen LogP contribution in [0, 0.1) is 16.0 Å². The molecule has 0 radical (unpaired) electrons. The van der Waals surface area contributed by atoms with Gasteiger partial charge in [-0.3, -0.25) is 19.5 Å². The Morgan fingerprint density at radius 3 is 2.81 bits per heavy atom. The first-order valence-corrected chi connectivity index (χ1v) is 10.3. The maximum atomic E-state index is 13.1. The van der Waals surface area contributed by atoms with Gasteiger partial charge in [-0.05, 0) is 49.4 Å². The molecule has 0 saturated heterocycles. The van der Waals surface area contributed by atoms with Gasteiger partial charge in [-0.2, -0.15) is 0 Å². The summed E-state index contributed by atoms with van der Waals surface area (Å²) >= 11 is 2.75. The largest absolute Gasteiger partial charge is 0.305 e. The van der Waals surface area contributed by atoms with Crippen molar-refractivity contribution in [1.82, 2.24) is 19.5 Å². The van der Waals surface area contributed by atoms with E-state index in [1.54, 1.807) is 15.9 Å². The summed E-state index contributed by atoms with van der Waals surface area (Å²) in [5.74, 6) is 0.626. The minimum absolute atomic E-state index is 0.0287. The lowest BCUT2D eigenvalue weighted by molar-refractivity contribution is -0.385. The zero-order valence-corrected chi connectivity index (χ0v) is 16.5. The van der Waals surface area contributed by atoms with Gasteiger partial charge in [0.25, 0.3) is 5.56 Å². The average Bonchev–Trinajstić information content (AvgIpc) is 2.99. The van der Waals surface area contributed by atoms with E-state index in [1.807, 2.05) is 6.92 Å². The van der Waals surface area contributed by atoms with Crippen LogP contribution in [0.15, 0.2) is 27.5 Å². The number of thiophene rings is 1. The Morgan fingerprint density at radius 2 is 2.15 bits per heavy atom. The molecule has 3 heterocycles. The summed E-state index contributed by atoms with van der Waals surface area (Å²) in [5.41, 5.74) is 0.964. The highest BCUT2D eigenvalue weighted by Gasteiger charge is 2.24. The molecular formula is C17H17N5O3S2. The van der Waals surface area contributed by atoms with E-state index >= 15 is 0 Å². The Kier molecular flexibility index (Phi) is 4.68. The van der Waals surface area contributed by atoms with Crippen molar-refractivity contribution < 1.29 is 4.92 Å². The number of hydrogen-bond donors (Lipinski definition) is 0. The Morgan fingerprint density at radius 1 is 1.41 bits per heavy atom. The second-order valence-corrected chi connectivity index (χ2v) is 8.58. The Bertz CT molecular complexity index is 1090. The quantitative estimate of drug-likeness (QED) is 0.373. The summed E-state index contributed by atoms with van der Waals surface area (Å²) in [4.78, 5) is 38.1. The number of nitrogens with zero attached hydrogens (tertiary/aromatic N) is 5. The molecule has 27 heavy (non-hydrogen) atoms. The normalized spacial score (nSPS) is 16.4. The number of aryl methyl sites for hydroxylation is 1. The van der Waals surface area contributed by atoms with Crippen LogP contribution in [0.1, 0.15) is 30.7 Å². The highest BCUT2D eigenvalue weighted by molar-refractivity contribution is 7.99. The van der Waals surface area contributed by atoms with Crippen molar-refractivity contribution in [2.24, 2.45) is 5.92 Å². The molecule has 0 amide bonds. The van der Waals surface area contributed by atoms with Crippen LogP contribution in [0.3, 0.4) is 0 Å². The van der Waals surface area contributed by atoms with E-state index in [9.17, 15) is 14.9 Å². The predicted molar refractivity (Wildman–Crippen MR) is 104 cm³/mol. The standard InChI is InChI=1S/C17H17N5O3S2/c1-3-21-15(23)13-11-5-4-9(2)6-12(11)26-14(13)20-17(21)27-16-18-7-10(8-19-16)22(24)25/h7-9H,3-6H2,1-2H3. The summed E-state index contributed by atoms with van der Waals surface area (Å²) in [6.45, 7) is 4.62. The van der Waals surface area contributed by atoms with E-state index in [4.69, 9.17) is 4.98 Å². The van der Waals surface area contributed by atoms with Crippen LogP contribution in [0.4, 0.5) is 5.69 Å². The summed E-state index contributed by atoms with van der Waals surface area (Å²) in [6.07, 6.45) is 5.34. The van der Waals surface area contributed by atoms with Crippen LogP contribution in [0.5, 0.6) is 0 Å². The summed E-state index contributed by atoms with van der Waals surface area (Å²) in [5, 5.41) is 12.3. The fraction of sp³-hybridized carbons (Fsp3) is 0.412. The minimum Gasteiger partial charge on any atom is -0.287 e. The maximum Gasteiger partial charge on any atom is 0.305 e. The van der Waals surface area contributed by atoms with Crippen molar-refractivity contribution >= 4 is 39.0 Å². The van der Waals surface area contributed by atoms with E-state index in [0.29, 0.717) is 22.8 Å². The molecule has 140 valence electrons. The Balaban J connectivity index is 1.79. The first-order chi connectivity index (χ1) is 13.0. The predicted octanol–water partition coefficient (Wildman–Crippen LogP) is 3.45. The van der Waals surface area contributed by atoms with Crippen molar-refractivity contribution in [2.45, 2.75) is 50.0 Å². The molecule has 0 N–H and O–H groups in total. The molecule has 0 bridgehead atoms. The first kappa shape index (κ1) is 18.1. The summed E-state index contributed by atoms with van der Waals surface area (Å²) < 4.78 is 1.63. The molecule has 0 spiro atoms. The van der Waals surface area contributed by atoms with Gasteiger partial charge in [0.15, 0.2) is 10.3 Å². The molecule has 0 fully saturated rings. The van der Waals surface area contributed by atoms with Gasteiger partial charge >= 0.3 is 5.69 Å². The lowest BCUT2D eigenvalue weighted by Crippen LogP contribution is -2.23. The Labute approximate surface area is 162 Å². The van der Waals surface area contributed by atoms with Crippen LogP contribution in [0.2, 0.25) is 0 Å². The van der Waals surface area contributed by atoms with Gasteiger partial charge in [0.1, 0.15) is 17.2 Å². The van der Waals surface area contributed by atoms with Crippen LogP contribution in [-0.2, 0) is 19.4 Å². The molecule has 1 aliphatic rings. The Hall–Kier alpha value is -2.33. The van der Waals surface area contributed by atoms with E-state index in [2.05, 4.69) is 16.9 Å². The molecule has 4 rings (SSSR count). The molecular weight excluding hydrogens is 386 g/mol. The average molecular weight is 403 g/mol. The molecule has 0 aliphatic heterocycles. The summed E-state index contributed by atoms with van der Waals surface area (Å²) in [7, 11) is 0. The molecule has 1 atom stereocenters. The van der Waals surface area contributed by atoms with Crippen molar-refractivity contribution in [3.63, 3.8) is 0 Å². The summed E-state index contributed by atoms with van der Waals surface area (Å²) in [6, 6.07) is 0. The van der Waals surface area contributed by atoms with Crippen LogP contribution in [-0.4, -0.2) is 24.4 Å². The molecule has 0 aromatic carbocycles.